The van der Waals surface area contributed by atoms with Gasteiger partial charge in [0.15, 0.2) is 0 Å². The first-order valence-electron chi connectivity index (χ1n) is 2.67. The summed E-state index contributed by atoms with van der Waals surface area (Å²) < 4.78 is 0. The van der Waals surface area contributed by atoms with E-state index in [0.29, 0.717) is 0 Å². The summed E-state index contributed by atoms with van der Waals surface area (Å²) in [5.74, 6) is 0. The molecule has 0 bridgehead atoms. The number of primary amides is 1. The van der Waals surface area contributed by atoms with Crippen molar-refractivity contribution in [2.45, 2.75) is 0 Å². The normalized spacial score (nSPS) is 7.30. The van der Waals surface area contributed by atoms with Gasteiger partial charge in [0.1, 0.15) is 0 Å². The zero-order valence-corrected chi connectivity index (χ0v) is 5.66. The maximum absolute atomic E-state index is 9.48. The van der Waals surface area contributed by atoms with Crippen LogP contribution in [0.15, 0.2) is 18.7 Å². The van der Waals surface area contributed by atoms with Gasteiger partial charge in [-0.25, -0.2) is 9.78 Å². The number of carbonyl (C=O) groups is 1. The fourth-order valence-electron chi connectivity index (χ4n) is 0.215. The van der Waals surface area contributed by atoms with Crippen LogP contribution in [0.25, 0.3) is 0 Å². The van der Waals surface area contributed by atoms with Crippen molar-refractivity contribution in [3.05, 3.63) is 18.7 Å². The van der Waals surface area contributed by atoms with Gasteiger partial charge in [0.05, 0.1) is 6.33 Å². The van der Waals surface area contributed by atoms with E-state index in [-0.39, 0.29) is 0 Å². The van der Waals surface area contributed by atoms with Crippen LogP contribution >= 0.6 is 0 Å². The minimum absolute atomic E-state index is 0.495. The maximum atomic E-state index is 9.48. The Bertz CT molecular complexity index is 143. The fraction of sp³-hybridized carbons (Fsp3) is 0.200. The number of rotatable bonds is 0. The molecule has 0 radical (unpaired) electrons. The van der Waals surface area contributed by atoms with E-state index in [4.69, 9.17) is 0 Å². The molecule has 1 heterocycles. The third kappa shape index (κ3) is 6.48. The second kappa shape index (κ2) is 5.61. The van der Waals surface area contributed by atoms with Gasteiger partial charge in [-0.15, -0.1) is 0 Å². The standard InChI is InChI=1S/C3H4N2.C2H6N2O/c1-2-5-3-4-1;1-4-2(3)5/h1-3H,(H,4,5);1H3,(H3,3,4,5). The highest BCUT2D eigenvalue weighted by atomic mass is 16.2. The Morgan fingerprint density at radius 2 is 2.40 bits per heavy atom. The molecule has 0 spiro atoms. The molecule has 0 unspecified atom stereocenters. The molecule has 0 aliphatic carbocycles. The van der Waals surface area contributed by atoms with Crippen LogP contribution in [-0.4, -0.2) is 23.0 Å². The number of carbonyl (C=O) groups excluding carboxylic acids is 1. The van der Waals surface area contributed by atoms with E-state index in [2.05, 4.69) is 21.0 Å². The topological polar surface area (TPSA) is 83.8 Å². The Labute approximate surface area is 58.6 Å². The predicted molar refractivity (Wildman–Crippen MR) is 37.2 cm³/mol. The number of hydrogen-bond donors (Lipinski definition) is 3. The van der Waals surface area contributed by atoms with Gasteiger partial charge < -0.3 is 16.0 Å². The van der Waals surface area contributed by atoms with Gasteiger partial charge in [0, 0.05) is 19.4 Å². The number of nitrogens with zero attached hydrogens (tertiary/aromatic N) is 1. The van der Waals surface area contributed by atoms with Gasteiger partial charge in [0.2, 0.25) is 0 Å². The molecular formula is C5H10N4O. The highest BCUT2D eigenvalue weighted by molar-refractivity contribution is 5.71. The monoisotopic (exact) mass is 142 g/mol. The molecule has 0 saturated heterocycles. The lowest BCUT2D eigenvalue weighted by atomic mass is 11.0. The number of urea groups is 1. The third-order valence-corrected chi connectivity index (χ3v) is 0.652. The lowest BCUT2D eigenvalue weighted by molar-refractivity contribution is 0.251. The molecule has 0 aliphatic heterocycles. The number of aromatic amines is 1. The first-order chi connectivity index (χ1) is 4.77. The van der Waals surface area contributed by atoms with Crippen molar-refractivity contribution < 1.29 is 4.79 Å². The number of imidazole rings is 1. The number of amides is 2. The van der Waals surface area contributed by atoms with Crippen molar-refractivity contribution in [2.75, 3.05) is 7.05 Å². The summed E-state index contributed by atoms with van der Waals surface area (Å²) in [6.45, 7) is 0. The molecule has 5 heteroatoms. The average molecular weight is 142 g/mol. The first kappa shape index (κ1) is 8.48. The van der Waals surface area contributed by atoms with Crippen molar-refractivity contribution in [1.82, 2.24) is 15.3 Å². The van der Waals surface area contributed by atoms with Crippen molar-refractivity contribution in [3.8, 4) is 0 Å². The molecule has 0 aromatic carbocycles. The number of nitrogens with two attached hydrogens (primary N) is 1. The molecule has 4 N–H and O–H groups in total. The first-order valence-corrected chi connectivity index (χ1v) is 2.67. The summed E-state index contributed by atoms with van der Waals surface area (Å²) in [4.78, 5) is 15.9. The molecule has 2 amide bonds. The molecule has 1 aromatic rings. The lowest BCUT2D eigenvalue weighted by Crippen LogP contribution is -2.24. The van der Waals surface area contributed by atoms with Crippen molar-refractivity contribution >= 4 is 6.03 Å². The Kier molecular flexibility index (Phi) is 4.76. The van der Waals surface area contributed by atoms with E-state index >= 15 is 0 Å². The van der Waals surface area contributed by atoms with Crippen molar-refractivity contribution in [1.29, 1.82) is 0 Å². The van der Waals surface area contributed by atoms with Crippen LogP contribution in [-0.2, 0) is 0 Å². The predicted octanol–water partition coefficient (Wildman–Crippen LogP) is -0.306. The Morgan fingerprint density at radius 1 is 1.80 bits per heavy atom. The van der Waals surface area contributed by atoms with Crippen LogP contribution in [0, 0.1) is 0 Å². The molecule has 0 atom stereocenters. The molecule has 1 rings (SSSR count). The van der Waals surface area contributed by atoms with Crippen LogP contribution in [0.2, 0.25) is 0 Å². The Hall–Kier alpha value is -1.52. The number of nitrogens with one attached hydrogen (secondary N) is 2. The summed E-state index contributed by atoms with van der Waals surface area (Å²) in [5, 5.41) is 2.17. The fourth-order valence-corrected chi connectivity index (χ4v) is 0.215. The molecule has 56 valence electrons. The molecule has 0 aliphatic rings. The Morgan fingerprint density at radius 3 is 2.50 bits per heavy atom. The summed E-state index contributed by atoms with van der Waals surface area (Å²) in [6.07, 6.45) is 5.08. The minimum Gasteiger partial charge on any atom is -0.352 e. The second-order valence-corrected chi connectivity index (χ2v) is 1.37. The van der Waals surface area contributed by atoms with Crippen LogP contribution in [0.4, 0.5) is 4.79 Å². The SMILES string of the molecule is CNC(N)=O.c1c[nH]cn1. The zero-order valence-electron chi connectivity index (χ0n) is 5.66. The van der Waals surface area contributed by atoms with E-state index in [0.717, 1.165) is 0 Å². The van der Waals surface area contributed by atoms with Crippen molar-refractivity contribution in [3.63, 3.8) is 0 Å². The maximum Gasteiger partial charge on any atom is 0.311 e. The zero-order chi connectivity index (χ0) is 7.82. The lowest BCUT2D eigenvalue weighted by Gasteiger charge is -1.80. The number of aromatic nitrogens is 2. The largest absolute Gasteiger partial charge is 0.352 e. The van der Waals surface area contributed by atoms with Gasteiger partial charge in [-0.05, 0) is 0 Å². The quantitative estimate of drug-likeness (QED) is 0.464. The molecule has 0 fully saturated rings. The van der Waals surface area contributed by atoms with Gasteiger partial charge in [-0.2, -0.15) is 0 Å². The van der Waals surface area contributed by atoms with Gasteiger partial charge >= 0.3 is 6.03 Å². The van der Waals surface area contributed by atoms with Gasteiger partial charge in [-0.3, -0.25) is 0 Å². The highest BCUT2D eigenvalue weighted by Gasteiger charge is 1.72. The van der Waals surface area contributed by atoms with E-state index < -0.39 is 6.03 Å². The summed E-state index contributed by atoms with van der Waals surface area (Å²) in [7, 11) is 1.47. The van der Waals surface area contributed by atoms with Crippen LogP contribution in [0.5, 0.6) is 0 Å². The van der Waals surface area contributed by atoms with Gasteiger partial charge in [-0.1, -0.05) is 0 Å². The summed E-state index contributed by atoms with van der Waals surface area (Å²) in [6, 6.07) is -0.495. The molecular weight excluding hydrogens is 132 g/mol. The van der Waals surface area contributed by atoms with E-state index in [1.165, 1.54) is 7.05 Å². The summed E-state index contributed by atoms with van der Waals surface area (Å²) in [5.41, 5.74) is 4.54. The number of hydrogen-bond acceptors (Lipinski definition) is 2. The molecule has 5 nitrogen and oxygen atoms in total. The van der Waals surface area contributed by atoms with E-state index in [9.17, 15) is 4.79 Å². The highest BCUT2D eigenvalue weighted by Crippen LogP contribution is 1.62. The average Bonchev–Trinajstić information content (AvgIpc) is 2.43. The van der Waals surface area contributed by atoms with Crippen molar-refractivity contribution in [2.24, 2.45) is 5.73 Å². The Balaban J connectivity index is 0.000000162. The molecule has 10 heavy (non-hydrogen) atoms. The number of H-pyrrole nitrogens is 1. The van der Waals surface area contributed by atoms with Crippen LogP contribution < -0.4 is 11.1 Å². The van der Waals surface area contributed by atoms with E-state index in [1.807, 2.05) is 0 Å². The molecule has 1 aromatic heterocycles. The van der Waals surface area contributed by atoms with Gasteiger partial charge in [0.25, 0.3) is 0 Å². The summed E-state index contributed by atoms with van der Waals surface area (Å²) >= 11 is 0. The second-order valence-electron chi connectivity index (χ2n) is 1.37. The van der Waals surface area contributed by atoms with Crippen LogP contribution in [0.3, 0.4) is 0 Å². The van der Waals surface area contributed by atoms with Crippen LogP contribution in [0.1, 0.15) is 0 Å². The minimum atomic E-state index is -0.495. The third-order valence-electron chi connectivity index (χ3n) is 0.652. The molecule has 0 saturated carbocycles. The van der Waals surface area contributed by atoms with E-state index in [1.54, 1.807) is 18.7 Å². The smallest absolute Gasteiger partial charge is 0.311 e.